The summed E-state index contributed by atoms with van der Waals surface area (Å²) in [5, 5.41) is 20.0. The molecular weight excluding hydrogens is 238 g/mol. The van der Waals surface area contributed by atoms with E-state index >= 15 is 0 Å². The summed E-state index contributed by atoms with van der Waals surface area (Å²) in [6.45, 7) is 0.0803. The van der Waals surface area contributed by atoms with Crippen LogP contribution in [0.3, 0.4) is 0 Å². The molecule has 0 radical (unpaired) electrons. The number of carbonyl (C=O) groups is 2. The number of nitrogens with one attached hydrogen (secondary N) is 1. The Labute approximate surface area is 104 Å². The molecule has 0 unspecified atom stereocenters. The highest BCUT2D eigenvalue weighted by molar-refractivity contribution is 5.91. The monoisotopic (exact) mass is 253 g/mol. The van der Waals surface area contributed by atoms with Crippen molar-refractivity contribution < 1.29 is 19.8 Å². The fourth-order valence-electron chi connectivity index (χ4n) is 1.23. The first-order valence-electron chi connectivity index (χ1n) is 5.35. The van der Waals surface area contributed by atoms with Crippen LogP contribution in [0.1, 0.15) is 6.42 Å². The Morgan fingerprint density at radius 1 is 1.56 bits per heavy atom. The van der Waals surface area contributed by atoms with Crippen molar-refractivity contribution in [3.05, 3.63) is 24.5 Å². The van der Waals surface area contributed by atoms with Gasteiger partial charge in [-0.25, -0.2) is 9.59 Å². The first kappa shape index (κ1) is 13.9. The normalized spacial score (nSPS) is 11.7. The van der Waals surface area contributed by atoms with Crippen LogP contribution in [0, 0.1) is 0 Å². The molecule has 0 saturated heterocycles. The van der Waals surface area contributed by atoms with Gasteiger partial charge in [-0.2, -0.15) is 0 Å². The number of hydrogen-bond acceptors (Lipinski definition) is 4. The Morgan fingerprint density at radius 2 is 2.28 bits per heavy atom. The molecule has 2 amide bonds. The number of carbonyl (C=O) groups excluding carboxylic acids is 1. The third kappa shape index (κ3) is 4.02. The van der Waals surface area contributed by atoms with Crippen LogP contribution in [-0.4, -0.2) is 46.9 Å². The second-order valence-corrected chi connectivity index (χ2v) is 3.64. The first-order chi connectivity index (χ1) is 8.52. The minimum atomic E-state index is -1.46. The highest BCUT2D eigenvalue weighted by Crippen LogP contribution is 2.08. The maximum Gasteiger partial charge on any atom is 0.332 e. The van der Waals surface area contributed by atoms with E-state index in [0.717, 1.165) is 0 Å². The molecule has 18 heavy (non-hydrogen) atoms. The molecule has 98 valence electrons. The molecule has 0 aromatic carbocycles. The minimum absolute atomic E-state index is 0.0397. The van der Waals surface area contributed by atoms with E-state index in [9.17, 15) is 9.59 Å². The zero-order valence-corrected chi connectivity index (χ0v) is 9.91. The molecule has 0 saturated carbocycles. The molecular formula is C11H15N3O4. The fraction of sp³-hybridized carbons (Fsp3) is 0.364. The van der Waals surface area contributed by atoms with E-state index < -0.39 is 12.1 Å². The molecule has 0 aliphatic carbocycles. The van der Waals surface area contributed by atoms with E-state index in [4.69, 9.17) is 10.2 Å². The highest BCUT2D eigenvalue weighted by Gasteiger charge is 2.14. The number of nitrogens with zero attached hydrogens (tertiary/aromatic N) is 2. The third-order valence-electron chi connectivity index (χ3n) is 2.32. The smallest absolute Gasteiger partial charge is 0.332 e. The second kappa shape index (κ2) is 6.55. The average molecular weight is 253 g/mol. The standard InChI is InChI=1S/C11H15N3O4/c1-14(8-3-2-5-12-7-8)11(18)13-6-4-9(15)10(16)17/h2-3,5,7,9,15H,4,6H2,1H3,(H,13,18)(H,16,17)/t9-/m0/s1. The summed E-state index contributed by atoms with van der Waals surface area (Å²) in [4.78, 5) is 27.2. The van der Waals surface area contributed by atoms with Crippen molar-refractivity contribution >= 4 is 17.7 Å². The van der Waals surface area contributed by atoms with Crippen molar-refractivity contribution in [3.8, 4) is 0 Å². The molecule has 1 heterocycles. The van der Waals surface area contributed by atoms with Crippen LogP contribution < -0.4 is 10.2 Å². The van der Waals surface area contributed by atoms with Gasteiger partial charge < -0.3 is 15.5 Å². The number of aliphatic hydroxyl groups is 1. The second-order valence-electron chi connectivity index (χ2n) is 3.64. The average Bonchev–Trinajstić information content (AvgIpc) is 2.38. The molecule has 0 aliphatic heterocycles. The lowest BCUT2D eigenvalue weighted by molar-refractivity contribution is -0.146. The number of anilines is 1. The van der Waals surface area contributed by atoms with Gasteiger partial charge in [0.1, 0.15) is 0 Å². The SMILES string of the molecule is CN(C(=O)NCC[C@H](O)C(=O)O)c1cccnc1. The molecule has 0 fully saturated rings. The molecule has 1 atom stereocenters. The number of carboxylic acid groups (broad SMARTS) is 1. The third-order valence-corrected chi connectivity index (χ3v) is 2.32. The van der Waals surface area contributed by atoms with Gasteiger partial charge in [0.05, 0.1) is 11.9 Å². The van der Waals surface area contributed by atoms with E-state index in [1.165, 1.54) is 11.1 Å². The molecule has 1 aromatic rings. The van der Waals surface area contributed by atoms with Crippen molar-refractivity contribution in [2.75, 3.05) is 18.5 Å². The van der Waals surface area contributed by atoms with E-state index in [0.29, 0.717) is 5.69 Å². The fourth-order valence-corrected chi connectivity index (χ4v) is 1.23. The van der Waals surface area contributed by atoms with Crippen LogP contribution in [0.2, 0.25) is 0 Å². The molecule has 0 spiro atoms. The highest BCUT2D eigenvalue weighted by atomic mass is 16.4. The van der Waals surface area contributed by atoms with Crippen LogP contribution in [0.5, 0.6) is 0 Å². The summed E-state index contributed by atoms with van der Waals surface area (Å²) in [6, 6.07) is 3.03. The lowest BCUT2D eigenvalue weighted by Crippen LogP contribution is -2.39. The van der Waals surface area contributed by atoms with Gasteiger partial charge >= 0.3 is 12.0 Å². The van der Waals surface area contributed by atoms with Crippen molar-refractivity contribution in [2.24, 2.45) is 0 Å². The van der Waals surface area contributed by atoms with E-state index in [-0.39, 0.29) is 19.0 Å². The molecule has 0 aliphatic rings. The Hall–Kier alpha value is -2.15. The first-order valence-corrected chi connectivity index (χ1v) is 5.35. The Balaban J connectivity index is 2.40. The molecule has 3 N–H and O–H groups in total. The van der Waals surface area contributed by atoms with Crippen LogP contribution in [0.4, 0.5) is 10.5 Å². The van der Waals surface area contributed by atoms with Gasteiger partial charge in [-0.3, -0.25) is 9.88 Å². The number of rotatable bonds is 5. The van der Waals surface area contributed by atoms with Gasteiger partial charge in [-0.1, -0.05) is 0 Å². The molecule has 7 heteroatoms. The predicted molar refractivity (Wildman–Crippen MR) is 64.3 cm³/mol. The van der Waals surface area contributed by atoms with E-state index in [1.807, 2.05) is 0 Å². The van der Waals surface area contributed by atoms with Crippen LogP contribution >= 0.6 is 0 Å². The summed E-state index contributed by atoms with van der Waals surface area (Å²) >= 11 is 0. The van der Waals surface area contributed by atoms with Gasteiger partial charge in [0.15, 0.2) is 6.10 Å². The van der Waals surface area contributed by atoms with Gasteiger partial charge in [-0.15, -0.1) is 0 Å². The summed E-state index contributed by atoms with van der Waals surface area (Å²) < 4.78 is 0. The maximum atomic E-state index is 11.7. The quantitative estimate of drug-likeness (QED) is 0.688. The number of urea groups is 1. The summed E-state index contributed by atoms with van der Waals surface area (Å²) in [5.74, 6) is -1.30. The number of carboxylic acids is 1. The van der Waals surface area contributed by atoms with Crippen molar-refractivity contribution in [3.63, 3.8) is 0 Å². The lowest BCUT2D eigenvalue weighted by atomic mass is 10.2. The van der Waals surface area contributed by atoms with Crippen LogP contribution in [0.25, 0.3) is 0 Å². The van der Waals surface area contributed by atoms with Gasteiger partial charge in [0.2, 0.25) is 0 Å². The molecule has 7 nitrogen and oxygen atoms in total. The van der Waals surface area contributed by atoms with Crippen molar-refractivity contribution in [1.29, 1.82) is 0 Å². The largest absolute Gasteiger partial charge is 0.479 e. The maximum absolute atomic E-state index is 11.7. The van der Waals surface area contributed by atoms with E-state index in [1.54, 1.807) is 25.4 Å². The number of hydrogen-bond donors (Lipinski definition) is 3. The number of aliphatic hydroxyl groups excluding tert-OH is 1. The topological polar surface area (TPSA) is 103 Å². The van der Waals surface area contributed by atoms with E-state index in [2.05, 4.69) is 10.3 Å². The van der Waals surface area contributed by atoms with Gasteiger partial charge in [-0.05, 0) is 12.1 Å². The van der Waals surface area contributed by atoms with Crippen LogP contribution in [0.15, 0.2) is 24.5 Å². The summed E-state index contributed by atoms with van der Waals surface area (Å²) in [5.41, 5.74) is 0.619. The van der Waals surface area contributed by atoms with Gasteiger partial charge in [0.25, 0.3) is 0 Å². The predicted octanol–water partition coefficient (Wildman–Crippen LogP) is 0.0630. The molecule has 0 bridgehead atoms. The minimum Gasteiger partial charge on any atom is -0.479 e. The van der Waals surface area contributed by atoms with Crippen molar-refractivity contribution in [2.45, 2.75) is 12.5 Å². The zero-order valence-electron chi connectivity index (χ0n) is 9.91. The summed E-state index contributed by atoms with van der Waals surface area (Å²) in [7, 11) is 1.57. The summed E-state index contributed by atoms with van der Waals surface area (Å²) in [6.07, 6.45) is 1.63. The molecule has 1 aromatic heterocycles. The number of pyridine rings is 1. The Morgan fingerprint density at radius 3 is 2.83 bits per heavy atom. The Kier molecular flexibility index (Phi) is 5.06. The number of aromatic nitrogens is 1. The number of aliphatic carboxylic acids is 1. The lowest BCUT2D eigenvalue weighted by Gasteiger charge is -2.17. The number of amides is 2. The zero-order chi connectivity index (χ0) is 13.5. The van der Waals surface area contributed by atoms with Gasteiger partial charge in [0, 0.05) is 26.2 Å². The molecule has 1 rings (SSSR count). The van der Waals surface area contributed by atoms with Crippen LogP contribution in [-0.2, 0) is 4.79 Å². The Bertz CT molecular complexity index is 410. The van der Waals surface area contributed by atoms with Crippen molar-refractivity contribution in [1.82, 2.24) is 10.3 Å².